The van der Waals surface area contributed by atoms with Gasteiger partial charge in [-0.2, -0.15) is 0 Å². The molecule has 0 radical (unpaired) electrons. The summed E-state index contributed by atoms with van der Waals surface area (Å²) in [5, 5.41) is 2.19. The summed E-state index contributed by atoms with van der Waals surface area (Å²) >= 11 is 0. The summed E-state index contributed by atoms with van der Waals surface area (Å²) in [6.45, 7) is -0.388. The highest BCUT2D eigenvalue weighted by Gasteiger charge is 2.28. The fourth-order valence-electron chi connectivity index (χ4n) is 2.47. The van der Waals surface area contributed by atoms with E-state index in [1.54, 1.807) is 39.3 Å². The number of hydrogen-bond acceptors (Lipinski definition) is 4. The zero-order valence-corrected chi connectivity index (χ0v) is 13.9. The number of carbonyl (C=O) groups excluding carboxylic acids is 2. The number of halogens is 2. The SMILES string of the molecule is CN(C)C(=O)c1ccc2c(c1)N(C)[C@@H](CC(=O)NCC(F)F)CO2. The standard InChI is InChI=1S/C16H21F2N3O3/c1-20(2)16(23)10-4-5-13-12(6-10)21(3)11(9-24-13)7-15(22)19-8-14(17)18/h4-6,11,14H,7-9H2,1-3H3,(H,19,22)/t11-/m0/s1. The van der Waals surface area contributed by atoms with E-state index in [4.69, 9.17) is 4.74 Å². The maximum atomic E-state index is 12.1. The second-order valence-electron chi connectivity index (χ2n) is 5.86. The van der Waals surface area contributed by atoms with Gasteiger partial charge in [0.1, 0.15) is 12.4 Å². The molecule has 0 fully saturated rings. The van der Waals surface area contributed by atoms with Crippen molar-refractivity contribution in [3.8, 4) is 5.75 Å². The van der Waals surface area contributed by atoms with Gasteiger partial charge in [-0.15, -0.1) is 0 Å². The van der Waals surface area contributed by atoms with E-state index < -0.39 is 18.9 Å². The van der Waals surface area contributed by atoms with Crippen molar-refractivity contribution in [2.75, 3.05) is 39.2 Å². The van der Waals surface area contributed by atoms with Gasteiger partial charge in [-0.25, -0.2) is 8.78 Å². The van der Waals surface area contributed by atoms with E-state index in [-0.39, 0.29) is 25.0 Å². The Balaban J connectivity index is 2.10. The van der Waals surface area contributed by atoms with E-state index >= 15 is 0 Å². The van der Waals surface area contributed by atoms with E-state index in [2.05, 4.69) is 5.32 Å². The minimum Gasteiger partial charge on any atom is -0.489 e. The summed E-state index contributed by atoms with van der Waals surface area (Å²) in [7, 11) is 5.12. The lowest BCUT2D eigenvalue weighted by molar-refractivity contribution is -0.122. The van der Waals surface area contributed by atoms with Crippen molar-refractivity contribution in [1.29, 1.82) is 0 Å². The molecule has 24 heavy (non-hydrogen) atoms. The summed E-state index contributed by atoms with van der Waals surface area (Å²) in [5.41, 5.74) is 1.21. The molecule has 1 N–H and O–H groups in total. The number of likely N-dealkylation sites (N-methyl/N-ethyl adjacent to an activating group) is 1. The number of hydrogen-bond donors (Lipinski definition) is 1. The molecule has 132 valence electrons. The summed E-state index contributed by atoms with van der Waals surface area (Å²) in [6, 6.07) is 4.82. The molecule has 0 aromatic heterocycles. The Labute approximate surface area is 139 Å². The highest BCUT2D eigenvalue weighted by atomic mass is 19.3. The summed E-state index contributed by atoms with van der Waals surface area (Å²) < 4.78 is 29.9. The van der Waals surface area contributed by atoms with Gasteiger partial charge in [0.2, 0.25) is 5.91 Å². The highest BCUT2D eigenvalue weighted by molar-refractivity contribution is 5.95. The molecule has 1 aliphatic rings. The first kappa shape index (κ1) is 18.0. The number of anilines is 1. The van der Waals surface area contributed by atoms with Crippen LogP contribution in [0.3, 0.4) is 0 Å². The van der Waals surface area contributed by atoms with E-state index in [0.717, 1.165) is 0 Å². The van der Waals surface area contributed by atoms with Gasteiger partial charge in [-0.3, -0.25) is 9.59 Å². The molecule has 0 aliphatic carbocycles. The number of nitrogens with zero attached hydrogens (tertiary/aromatic N) is 2. The molecule has 0 bridgehead atoms. The largest absolute Gasteiger partial charge is 0.489 e. The van der Waals surface area contributed by atoms with Gasteiger partial charge in [0.05, 0.1) is 24.7 Å². The van der Waals surface area contributed by atoms with Crippen LogP contribution in [0.25, 0.3) is 0 Å². The van der Waals surface area contributed by atoms with Crippen molar-refractivity contribution in [2.24, 2.45) is 0 Å². The maximum Gasteiger partial charge on any atom is 0.255 e. The Bertz CT molecular complexity index is 623. The Morgan fingerprint density at radius 3 is 2.75 bits per heavy atom. The van der Waals surface area contributed by atoms with Gasteiger partial charge in [0, 0.05) is 26.7 Å². The molecular weight excluding hydrogens is 320 g/mol. The Hall–Kier alpha value is -2.38. The van der Waals surface area contributed by atoms with Crippen LogP contribution in [0.4, 0.5) is 14.5 Å². The molecule has 6 nitrogen and oxygen atoms in total. The molecule has 0 spiro atoms. The number of fused-ring (bicyclic) bond motifs is 1. The van der Waals surface area contributed by atoms with E-state index in [9.17, 15) is 18.4 Å². The number of alkyl halides is 2. The van der Waals surface area contributed by atoms with Crippen molar-refractivity contribution in [3.05, 3.63) is 23.8 Å². The fourth-order valence-corrected chi connectivity index (χ4v) is 2.47. The lowest BCUT2D eigenvalue weighted by Crippen LogP contribution is -2.44. The summed E-state index contributed by atoms with van der Waals surface area (Å²) in [6.07, 6.45) is -2.54. The molecule has 1 heterocycles. The molecule has 0 saturated heterocycles. The van der Waals surface area contributed by atoms with E-state index in [0.29, 0.717) is 17.0 Å². The predicted octanol–water partition coefficient (Wildman–Crippen LogP) is 1.36. The van der Waals surface area contributed by atoms with E-state index in [1.165, 1.54) is 4.90 Å². The summed E-state index contributed by atoms with van der Waals surface area (Å²) in [5.74, 6) is 0.0276. The van der Waals surface area contributed by atoms with Gasteiger partial charge >= 0.3 is 0 Å². The molecule has 2 amide bonds. The lowest BCUT2D eigenvalue weighted by atomic mass is 10.1. The molecule has 1 aromatic rings. The van der Waals surface area contributed by atoms with Crippen molar-refractivity contribution < 1.29 is 23.1 Å². The van der Waals surface area contributed by atoms with Crippen LogP contribution in [0.15, 0.2) is 18.2 Å². The zero-order valence-electron chi connectivity index (χ0n) is 13.9. The van der Waals surface area contributed by atoms with Crippen LogP contribution in [-0.4, -0.2) is 63.5 Å². The van der Waals surface area contributed by atoms with Crippen LogP contribution >= 0.6 is 0 Å². The Morgan fingerprint density at radius 2 is 2.12 bits per heavy atom. The Kier molecular flexibility index (Phi) is 5.58. The highest BCUT2D eigenvalue weighted by Crippen LogP contribution is 2.34. The third-order valence-corrected chi connectivity index (χ3v) is 3.85. The molecule has 0 unspecified atom stereocenters. The Morgan fingerprint density at radius 1 is 1.42 bits per heavy atom. The van der Waals surface area contributed by atoms with Gasteiger partial charge in [-0.1, -0.05) is 0 Å². The van der Waals surface area contributed by atoms with Crippen molar-refractivity contribution in [3.63, 3.8) is 0 Å². The molecule has 8 heteroatoms. The smallest absolute Gasteiger partial charge is 0.255 e. The van der Waals surface area contributed by atoms with Crippen LogP contribution in [0.1, 0.15) is 16.8 Å². The number of nitrogens with one attached hydrogen (secondary N) is 1. The first-order chi connectivity index (χ1) is 11.3. The lowest BCUT2D eigenvalue weighted by Gasteiger charge is -2.35. The van der Waals surface area contributed by atoms with E-state index in [1.807, 2.05) is 4.90 Å². The third-order valence-electron chi connectivity index (χ3n) is 3.85. The van der Waals surface area contributed by atoms with Crippen LogP contribution in [-0.2, 0) is 4.79 Å². The maximum absolute atomic E-state index is 12.1. The van der Waals surface area contributed by atoms with Crippen LogP contribution in [0.5, 0.6) is 5.75 Å². The number of ether oxygens (including phenoxy) is 1. The summed E-state index contributed by atoms with van der Waals surface area (Å²) in [4.78, 5) is 27.1. The predicted molar refractivity (Wildman–Crippen MR) is 85.8 cm³/mol. The van der Waals surface area contributed by atoms with Crippen LogP contribution < -0.4 is 15.0 Å². The topological polar surface area (TPSA) is 61.9 Å². The van der Waals surface area contributed by atoms with Gasteiger partial charge in [0.15, 0.2) is 0 Å². The van der Waals surface area contributed by atoms with Crippen LogP contribution in [0, 0.1) is 0 Å². The molecule has 1 aliphatic heterocycles. The third kappa shape index (κ3) is 4.12. The number of carbonyl (C=O) groups is 2. The first-order valence-corrected chi connectivity index (χ1v) is 7.55. The number of benzene rings is 1. The average Bonchev–Trinajstić information content (AvgIpc) is 2.54. The quantitative estimate of drug-likeness (QED) is 0.878. The fraction of sp³-hybridized carbons (Fsp3) is 0.500. The second-order valence-corrected chi connectivity index (χ2v) is 5.86. The van der Waals surface area contributed by atoms with Gasteiger partial charge in [0.25, 0.3) is 12.3 Å². The van der Waals surface area contributed by atoms with Crippen molar-refractivity contribution in [1.82, 2.24) is 10.2 Å². The number of amides is 2. The minimum absolute atomic E-state index is 0.0362. The second kappa shape index (κ2) is 7.46. The average molecular weight is 341 g/mol. The number of rotatable bonds is 5. The zero-order chi connectivity index (χ0) is 17.9. The molecule has 1 atom stereocenters. The monoisotopic (exact) mass is 341 g/mol. The van der Waals surface area contributed by atoms with Crippen LogP contribution in [0.2, 0.25) is 0 Å². The minimum atomic E-state index is -2.57. The van der Waals surface area contributed by atoms with Crippen molar-refractivity contribution >= 4 is 17.5 Å². The molecule has 0 saturated carbocycles. The first-order valence-electron chi connectivity index (χ1n) is 7.55. The van der Waals surface area contributed by atoms with Gasteiger partial charge < -0.3 is 19.9 Å². The normalized spacial score (nSPS) is 16.4. The molecule has 1 aromatic carbocycles. The van der Waals surface area contributed by atoms with Crippen molar-refractivity contribution in [2.45, 2.75) is 18.9 Å². The molecular formula is C16H21F2N3O3. The van der Waals surface area contributed by atoms with Gasteiger partial charge in [-0.05, 0) is 18.2 Å². The molecule has 2 rings (SSSR count).